The average molecular weight is 222 g/mol. The van der Waals surface area contributed by atoms with Crippen LogP contribution < -0.4 is 5.73 Å². The molecule has 0 amide bonds. The molecule has 0 spiro atoms. The van der Waals surface area contributed by atoms with Crippen molar-refractivity contribution < 1.29 is 13.9 Å². The van der Waals surface area contributed by atoms with Crippen LogP contribution in [0.1, 0.15) is 18.6 Å². The molecule has 0 radical (unpaired) electrons. The third-order valence-corrected chi connectivity index (χ3v) is 2.06. The summed E-state index contributed by atoms with van der Waals surface area (Å²) in [6.07, 6.45) is -1.26. The lowest BCUT2D eigenvalue weighted by Gasteiger charge is -2.15. The Morgan fingerprint density at radius 1 is 1.43 bits per heavy atom. The Kier molecular flexibility index (Phi) is 3.42. The summed E-state index contributed by atoms with van der Waals surface area (Å²) in [6.45, 7) is 1.49. The highest BCUT2D eigenvalue weighted by Crippen LogP contribution is 2.25. The van der Waals surface area contributed by atoms with Gasteiger partial charge in [-0.05, 0) is 19.1 Å². The molecule has 0 saturated heterocycles. The van der Waals surface area contributed by atoms with Gasteiger partial charge in [0, 0.05) is 16.6 Å². The molecule has 14 heavy (non-hydrogen) atoms. The lowest BCUT2D eigenvalue weighted by Crippen LogP contribution is -2.25. The van der Waals surface area contributed by atoms with Crippen LogP contribution in [0.25, 0.3) is 0 Å². The Morgan fingerprint density at radius 3 is 2.50 bits per heavy atom. The number of aliphatic hydroxyl groups is 1. The molecular weight excluding hydrogens is 212 g/mol. The number of benzene rings is 1. The largest absolute Gasteiger partial charge is 0.387 e. The maximum Gasteiger partial charge on any atom is 0.164 e. The minimum absolute atomic E-state index is 0.0265. The van der Waals surface area contributed by atoms with Crippen LogP contribution in [0.4, 0.5) is 8.78 Å². The summed E-state index contributed by atoms with van der Waals surface area (Å²) in [7, 11) is 0. The smallest absolute Gasteiger partial charge is 0.164 e. The first-order valence-corrected chi connectivity index (χ1v) is 4.39. The Balaban J connectivity index is 3.20. The summed E-state index contributed by atoms with van der Waals surface area (Å²) in [5, 5.41) is 9.46. The third kappa shape index (κ3) is 2.20. The highest BCUT2D eigenvalue weighted by atomic mass is 35.5. The number of rotatable bonds is 2. The molecule has 0 fully saturated rings. The van der Waals surface area contributed by atoms with E-state index < -0.39 is 23.8 Å². The van der Waals surface area contributed by atoms with Crippen molar-refractivity contribution in [2.24, 2.45) is 5.73 Å². The average Bonchev–Trinajstić information content (AvgIpc) is 2.09. The van der Waals surface area contributed by atoms with E-state index in [1.54, 1.807) is 0 Å². The fourth-order valence-electron chi connectivity index (χ4n) is 1.07. The van der Waals surface area contributed by atoms with Gasteiger partial charge in [0.2, 0.25) is 0 Å². The van der Waals surface area contributed by atoms with Crippen molar-refractivity contribution in [1.29, 1.82) is 0 Å². The van der Waals surface area contributed by atoms with Crippen LogP contribution in [0.15, 0.2) is 12.1 Å². The third-order valence-electron chi connectivity index (χ3n) is 1.84. The Labute approximate surface area is 85.3 Å². The standard InChI is InChI=1S/C9H10ClF2NO/c1-4(13)9(14)6-2-5(10)3-7(11)8(6)12/h2-4,9,14H,13H2,1H3. The molecule has 0 aromatic heterocycles. The summed E-state index contributed by atoms with van der Waals surface area (Å²) >= 11 is 5.51. The zero-order valence-corrected chi connectivity index (χ0v) is 8.22. The van der Waals surface area contributed by atoms with Crippen molar-refractivity contribution in [2.75, 3.05) is 0 Å². The molecule has 0 aliphatic carbocycles. The zero-order valence-electron chi connectivity index (χ0n) is 7.47. The van der Waals surface area contributed by atoms with E-state index in [4.69, 9.17) is 17.3 Å². The van der Waals surface area contributed by atoms with Crippen LogP contribution in [0.2, 0.25) is 5.02 Å². The second kappa shape index (κ2) is 4.21. The van der Waals surface area contributed by atoms with Gasteiger partial charge in [-0.15, -0.1) is 0 Å². The number of nitrogens with two attached hydrogens (primary N) is 1. The highest BCUT2D eigenvalue weighted by molar-refractivity contribution is 6.30. The lowest BCUT2D eigenvalue weighted by molar-refractivity contribution is 0.148. The topological polar surface area (TPSA) is 46.2 Å². The molecule has 2 unspecified atom stereocenters. The van der Waals surface area contributed by atoms with E-state index in [1.807, 2.05) is 0 Å². The van der Waals surface area contributed by atoms with E-state index in [2.05, 4.69) is 0 Å². The molecule has 0 bridgehead atoms. The molecule has 3 N–H and O–H groups in total. The van der Waals surface area contributed by atoms with Gasteiger partial charge in [-0.1, -0.05) is 11.6 Å². The van der Waals surface area contributed by atoms with Gasteiger partial charge in [0.1, 0.15) is 0 Å². The van der Waals surface area contributed by atoms with Crippen LogP contribution in [0, 0.1) is 11.6 Å². The summed E-state index contributed by atoms with van der Waals surface area (Å²) in [4.78, 5) is 0. The molecule has 0 heterocycles. The van der Waals surface area contributed by atoms with Gasteiger partial charge >= 0.3 is 0 Å². The van der Waals surface area contributed by atoms with Crippen molar-refractivity contribution >= 4 is 11.6 Å². The van der Waals surface area contributed by atoms with Gasteiger partial charge in [0.15, 0.2) is 11.6 Å². The van der Waals surface area contributed by atoms with Crippen LogP contribution in [-0.2, 0) is 0 Å². The maximum atomic E-state index is 13.1. The summed E-state index contributed by atoms with van der Waals surface area (Å²) in [5.74, 6) is -2.20. The van der Waals surface area contributed by atoms with E-state index in [1.165, 1.54) is 6.92 Å². The van der Waals surface area contributed by atoms with E-state index in [0.29, 0.717) is 0 Å². The molecule has 0 aliphatic heterocycles. The second-order valence-electron chi connectivity index (χ2n) is 3.09. The van der Waals surface area contributed by atoms with Crippen LogP contribution in [-0.4, -0.2) is 11.1 Å². The van der Waals surface area contributed by atoms with Gasteiger partial charge in [-0.2, -0.15) is 0 Å². The lowest BCUT2D eigenvalue weighted by atomic mass is 10.0. The minimum atomic E-state index is -1.26. The quantitative estimate of drug-likeness (QED) is 0.751. The van der Waals surface area contributed by atoms with Gasteiger partial charge in [-0.25, -0.2) is 8.78 Å². The molecule has 1 aromatic carbocycles. The molecule has 0 saturated carbocycles. The Hall–Kier alpha value is -0.710. The van der Waals surface area contributed by atoms with Crippen molar-refractivity contribution in [1.82, 2.24) is 0 Å². The van der Waals surface area contributed by atoms with Gasteiger partial charge in [0.05, 0.1) is 6.10 Å². The fourth-order valence-corrected chi connectivity index (χ4v) is 1.29. The summed E-state index contributed by atoms with van der Waals surface area (Å²) in [6, 6.07) is 1.31. The molecule has 0 aliphatic rings. The predicted molar refractivity (Wildman–Crippen MR) is 50.0 cm³/mol. The number of aliphatic hydroxyl groups excluding tert-OH is 1. The van der Waals surface area contributed by atoms with E-state index in [9.17, 15) is 13.9 Å². The molecule has 2 atom stereocenters. The number of hydrogen-bond acceptors (Lipinski definition) is 2. The van der Waals surface area contributed by atoms with Crippen molar-refractivity contribution in [2.45, 2.75) is 19.1 Å². The maximum absolute atomic E-state index is 13.1. The normalized spacial score (nSPS) is 15.3. The van der Waals surface area contributed by atoms with E-state index in [-0.39, 0.29) is 10.6 Å². The summed E-state index contributed by atoms with van der Waals surface area (Å²) < 4.78 is 26.0. The van der Waals surface area contributed by atoms with Crippen molar-refractivity contribution in [3.05, 3.63) is 34.4 Å². The van der Waals surface area contributed by atoms with Crippen LogP contribution in [0.5, 0.6) is 0 Å². The van der Waals surface area contributed by atoms with Crippen molar-refractivity contribution in [3.63, 3.8) is 0 Å². The van der Waals surface area contributed by atoms with Crippen molar-refractivity contribution in [3.8, 4) is 0 Å². The molecule has 1 rings (SSSR count). The minimum Gasteiger partial charge on any atom is -0.387 e. The Bertz CT molecular complexity index is 344. The number of hydrogen-bond donors (Lipinski definition) is 2. The monoisotopic (exact) mass is 221 g/mol. The van der Waals surface area contributed by atoms with E-state index >= 15 is 0 Å². The Morgan fingerprint density at radius 2 is 2.00 bits per heavy atom. The molecule has 2 nitrogen and oxygen atoms in total. The molecular formula is C9H10ClF2NO. The summed E-state index contributed by atoms with van der Waals surface area (Å²) in [5.41, 5.74) is 5.14. The van der Waals surface area contributed by atoms with Crippen LogP contribution in [0.3, 0.4) is 0 Å². The van der Waals surface area contributed by atoms with E-state index in [0.717, 1.165) is 12.1 Å². The first kappa shape index (κ1) is 11.4. The van der Waals surface area contributed by atoms with Crippen LogP contribution >= 0.6 is 11.6 Å². The first-order valence-electron chi connectivity index (χ1n) is 4.01. The van der Waals surface area contributed by atoms with Gasteiger partial charge in [-0.3, -0.25) is 0 Å². The first-order chi connectivity index (χ1) is 6.43. The van der Waals surface area contributed by atoms with Gasteiger partial charge < -0.3 is 10.8 Å². The van der Waals surface area contributed by atoms with Gasteiger partial charge in [0.25, 0.3) is 0 Å². The highest BCUT2D eigenvalue weighted by Gasteiger charge is 2.20. The molecule has 1 aromatic rings. The SMILES string of the molecule is CC(N)C(O)c1cc(Cl)cc(F)c1F. The fraction of sp³-hybridized carbons (Fsp3) is 0.333. The molecule has 78 valence electrons. The number of halogens is 3. The molecule has 5 heteroatoms. The predicted octanol–water partition coefficient (Wildman–Crippen LogP) is 2.00. The second-order valence-corrected chi connectivity index (χ2v) is 3.53. The zero-order chi connectivity index (χ0) is 10.9.